The number of carbonyl (C=O) groups is 1. The van der Waals surface area contributed by atoms with Crippen molar-refractivity contribution in [1.82, 2.24) is 5.32 Å². The number of unbranched alkanes of at least 4 members (excludes halogenated alkanes) is 24. The molecule has 6 heteroatoms. The molecule has 1 aromatic carbocycles. The summed E-state index contributed by atoms with van der Waals surface area (Å²) >= 11 is 0. The first-order valence-corrected chi connectivity index (χ1v) is 22.8. The number of rotatable bonds is 37. The zero-order valence-electron chi connectivity index (χ0n) is 35.6. The quantitative estimate of drug-likeness (QED) is 0.0552. The first-order valence-electron chi connectivity index (χ1n) is 22.8. The topological polar surface area (TPSA) is 60.7 Å². The minimum absolute atomic E-state index is 0.0668. The molecule has 0 bridgehead atoms. The second kappa shape index (κ2) is 33.6. The molecule has 2 rings (SSSR count). The number of nitrogens with zero attached hydrogens (tertiary/aromatic N) is 1. The Kier molecular flexibility index (Phi) is 29.5. The van der Waals surface area contributed by atoms with E-state index in [1.165, 1.54) is 148 Å². The van der Waals surface area contributed by atoms with Gasteiger partial charge in [0.2, 0.25) is 5.69 Å². The van der Waals surface area contributed by atoms with Crippen molar-refractivity contribution in [3.8, 4) is 17.2 Å². The lowest BCUT2D eigenvalue weighted by molar-refractivity contribution is -0.704. The maximum atomic E-state index is 13.6. The summed E-state index contributed by atoms with van der Waals surface area (Å²) in [4.78, 5) is 13.6. The maximum absolute atomic E-state index is 13.6. The van der Waals surface area contributed by atoms with Gasteiger partial charge in [-0.1, -0.05) is 181 Å². The Morgan fingerprint density at radius 2 is 1.13 bits per heavy atom. The normalized spacial score (nSPS) is 11.8. The summed E-state index contributed by atoms with van der Waals surface area (Å²) in [5.74, 6) is 1.94. The fourth-order valence-corrected chi connectivity index (χ4v) is 7.32. The predicted molar refractivity (Wildman–Crippen MR) is 228 cm³/mol. The number of nitrogens with one attached hydrogen (secondary N) is 1. The molecule has 0 aliphatic heterocycles. The minimum Gasteiger partial charge on any atom is -0.493 e. The Labute approximate surface area is 332 Å². The van der Waals surface area contributed by atoms with Crippen LogP contribution in [0.1, 0.15) is 206 Å². The predicted octanol–water partition coefficient (Wildman–Crippen LogP) is 13.4. The highest BCUT2D eigenvalue weighted by Gasteiger charge is 2.22. The van der Waals surface area contributed by atoms with E-state index >= 15 is 0 Å². The van der Waals surface area contributed by atoms with Gasteiger partial charge >= 0.3 is 0 Å². The van der Waals surface area contributed by atoms with Gasteiger partial charge in [0.1, 0.15) is 18.8 Å². The van der Waals surface area contributed by atoms with E-state index in [0.29, 0.717) is 31.1 Å². The third-order valence-corrected chi connectivity index (χ3v) is 10.7. The van der Waals surface area contributed by atoms with E-state index in [9.17, 15) is 4.79 Å². The van der Waals surface area contributed by atoms with Crippen molar-refractivity contribution < 1.29 is 23.6 Å². The van der Waals surface area contributed by atoms with Crippen LogP contribution in [0.4, 0.5) is 0 Å². The van der Waals surface area contributed by atoms with Crippen LogP contribution in [0.5, 0.6) is 17.2 Å². The van der Waals surface area contributed by atoms with Gasteiger partial charge in [-0.3, -0.25) is 4.79 Å². The lowest BCUT2D eigenvalue weighted by atomic mass is 10.0. The van der Waals surface area contributed by atoms with Gasteiger partial charge in [0, 0.05) is 24.6 Å². The van der Waals surface area contributed by atoms with Gasteiger partial charge in [-0.25, -0.2) is 4.57 Å². The number of amides is 1. The fourth-order valence-electron chi connectivity index (χ4n) is 7.32. The molecule has 0 aliphatic rings. The summed E-state index contributed by atoms with van der Waals surface area (Å²) < 4.78 is 20.5. The molecular weight excluding hydrogens is 669 g/mol. The summed E-state index contributed by atoms with van der Waals surface area (Å²) in [6, 6.07) is 11.9. The van der Waals surface area contributed by atoms with Crippen LogP contribution in [-0.2, 0) is 17.9 Å². The highest BCUT2D eigenvalue weighted by molar-refractivity contribution is 5.81. The summed E-state index contributed by atoms with van der Waals surface area (Å²) in [6.07, 6.45) is 37.5. The number of benzene rings is 1. The Hall–Kier alpha value is -2.76. The third-order valence-electron chi connectivity index (χ3n) is 10.7. The second-order valence-electron chi connectivity index (χ2n) is 15.6. The van der Waals surface area contributed by atoms with Crippen LogP contribution in [0.3, 0.4) is 0 Å². The van der Waals surface area contributed by atoms with Crippen LogP contribution < -0.4 is 24.1 Å². The van der Waals surface area contributed by atoms with Crippen molar-refractivity contribution in [3.05, 3.63) is 48.3 Å². The average molecular weight is 752 g/mol. The van der Waals surface area contributed by atoms with Crippen molar-refractivity contribution in [1.29, 1.82) is 0 Å². The lowest BCUT2D eigenvalue weighted by Crippen LogP contribution is -2.43. The first kappa shape index (κ1) is 47.4. The van der Waals surface area contributed by atoms with Crippen LogP contribution in [0.15, 0.2) is 42.6 Å². The zero-order valence-corrected chi connectivity index (χ0v) is 35.6. The smallest absolute Gasteiger partial charge is 0.261 e. The van der Waals surface area contributed by atoms with Crippen LogP contribution in [0, 0.1) is 0 Å². The molecule has 1 atom stereocenters. The molecule has 1 amide bonds. The number of methoxy groups -OCH3 is 1. The lowest BCUT2D eigenvalue weighted by Gasteiger charge is -2.20. The van der Waals surface area contributed by atoms with E-state index in [4.69, 9.17) is 14.2 Å². The van der Waals surface area contributed by atoms with Crippen molar-refractivity contribution >= 4 is 5.91 Å². The molecule has 0 aliphatic carbocycles. The molecule has 0 spiro atoms. The largest absolute Gasteiger partial charge is 0.493 e. The van der Waals surface area contributed by atoms with E-state index in [1.807, 2.05) is 30.3 Å². The first-order chi connectivity index (χ1) is 26.6. The van der Waals surface area contributed by atoms with E-state index in [0.717, 1.165) is 43.7 Å². The van der Waals surface area contributed by atoms with Crippen LogP contribution in [0.2, 0.25) is 0 Å². The van der Waals surface area contributed by atoms with Gasteiger partial charge in [-0.2, -0.15) is 0 Å². The molecule has 1 N–H and O–H groups in total. The summed E-state index contributed by atoms with van der Waals surface area (Å²) in [5.41, 5.74) is 1.10. The number of ether oxygens (including phenoxy) is 3. The number of hydrogen-bond acceptors (Lipinski definition) is 4. The summed E-state index contributed by atoms with van der Waals surface area (Å²) in [6.45, 7) is 8.82. The fraction of sp³-hybridized carbons (Fsp3) is 0.750. The summed E-state index contributed by atoms with van der Waals surface area (Å²) in [5, 5.41) is 3.18. The molecule has 0 saturated heterocycles. The van der Waals surface area contributed by atoms with E-state index in [-0.39, 0.29) is 5.91 Å². The SMILES string of the molecule is CCCCCCCCCCCCCCCCC(Oc1ccc(OCCCCCCCCCCCCCC)c(OC)c1)C(=O)NCc1cccc[n+]1CCC. The van der Waals surface area contributed by atoms with Gasteiger partial charge in [-0.15, -0.1) is 0 Å². The van der Waals surface area contributed by atoms with Crippen molar-refractivity contribution in [2.24, 2.45) is 0 Å². The van der Waals surface area contributed by atoms with Gasteiger partial charge in [0.15, 0.2) is 23.8 Å². The molecule has 1 heterocycles. The number of aryl methyl sites for hydroxylation is 1. The van der Waals surface area contributed by atoms with Gasteiger partial charge in [0.05, 0.1) is 13.7 Å². The molecule has 1 aromatic heterocycles. The van der Waals surface area contributed by atoms with Crippen molar-refractivity contribution in [2.75, 3.05) is 13.7 Å². The third kappa shape index (κ3) is 23.2. The molecule has 0 radical (unpaired) electrons. The van der Waals surface area contributed by atoms with Crippen LogP contribution in [0.25, 0.3) is 0 Å². The molecule has 54 heavy (non-hydrogen) atoms. The Morgan fingerprint density at radius 1 is 0.611 bits per heavy atom. The number of aromatic nitrogens is 1. The van der Waals surface area contributed by atoms with Crippen LogP contribution >= 0.6 is 0 Å². The standard InChI is InChI=1S/C48H82N2O4/c1-5-8-10-12-14-16-18-20-21-22-24-26-28-30-35-46(48(51)49-42-43-34-31-32-39-50(43)38-7-3)54-44-36-37-45(47(41-44)52-4)53-40-33-29-27-25-23-19-17-15-13-11-9-6-2/h31-32,34,36-37,39,41,46H,5-30,33,35,38,40,42H2,1-4H3/p+1. The van der Waals surface area contributed by atoms with E-state index in [2.05, 4.69) is 42.9 Å². The molecule has 308 valence electrons. The number of hydrogen-bond donors (Lipinski definition) is 1. The molecule has 0 saturated carbocycles. The Morgan fingerprint density at radius 3 is 1.65 bits per heavy atom. The van der Waals surface area contributed by atoms with Crippen molar-refractivity contribution in [2.45, 2.75) is 220 Å². The van der Waals surface area contributed by atoms with Crippen molar-refractivity contribution in [3.63, 3.8) is 0 Å². The van der Waals surface area contributed by atoms with Gasteiger partial charge in [0.25, 0.3) is 5.91 Å². The summed E-state index contributed by atoms with van der Waals surface area (Å²) in [7, 11) is 1.67. The Bertz CT molecular complexity index is 1170. The molecular formula is C48H83N2O4+. The van der Waals surface area contributed by atoms with Gasteiger partial charge < -0.3 is 19.5 Å². The minimum atomic E-state index is -0.566. The number of carbonyl (C=O) groups excluding carboxylic acids is 1. The molecule has 2 aromatic rings. The monoisotopic (exact) mass is 752 g/mol. The Balaban J connectivity index is 1.80. The zero-order chi connectivity index (χ0) is 38.7. The maximum Gasteiger partial charge on any atom is 0.261 e. The second-order valence-corrected chi connectivity index (χ2v) is 15.6. The highest BCUT2D eigenvalue weighted by Crippen LogP contribution is 2.32. The van der Waals surface area contributed by atoms with E-state index in [1.54, 1.807) is 7.11 Å². The van der Waals surface area contributed by atoms with Gasteiger partial charge in [-0.05, 0) is 31.4 Å². The average Bonchev–Trinajstić information content (AvgIpc) is 3.19. The molecule has 6 nitrogen and oxygen atoms in total. The highest BCUT2D eigenvalue weighted by atomic mass is 16.5. The molecule has 0 fully saturated rings. The molecule has 1 unspecified atom stereocenters. The van der Waals surface area contributed by atoms with Crippen LogP contribution in [-0.4, -0.2) is 25.7 Å². The number of pyridine rings is 1. The van der Waals surface area contributed by atoms with E-state index < -0.39 is 6.10 Å².